The zero-order valence-electron chi connectivity index (χ0n) is 12.3. The van der Waals surface area contributed by atoms with E-state index in [9.17, 15) is 22.8 Å². The Balaban J connectivity index is 2.61. The van der Waals surface area contributed by atoms with Gasteiger partial charge in [0, 0.05) is 20.3 Å². The van der Waals surface area contributed by atoms with E-state index in [1.807, 2.05) is 0 Å². The molecular weight excluding hydrogens is 351 g/mol. The van der Waals surface area contributed by atoms with Gasteiger partial charge in [-0.25, -0.2) is 14.5 Å². The van der Waals surface area contributed by atoms with Crippen molar-refractivity contribution in [3.63, 3.8) is 0 Å². The van der Waals surface area contributed by atoms with Crippen LogP contribution in [0, 0.1) is 11.3 Å². The van der Waals surface area contributed by atoms with E-state index in [0.29, 0.717) is 16.8 Å². The molecule has 0 saturated carbocycles. The second-order valence-electron chi connectivity index (χ2n) is 4.70. The van der Waals surface area contributed by atoms with Crippen LogP contribution in [0.1, 0.15) is 11.1 Å². The number of halogens is 4. The lowest BCUT2D eigenvalue weighted by Gasteiger charge is -2.22. The quantitative estimate of drug-likeness (QED) is 0.809. The third kappa shape index (κ3) is 2.98. The minimum atomic E-state index is -4.62. The van der Waals surface area contributed by atoms with E-state index in [2.05, 4.69) is 4.98 Å². The summed E-state index contributed by atoms with van der Waals surface area (Å²) in [5.74, 6) is -0.158. The Kier molecular flexibility index (Phi) is 4.40. The fraction of sp³-hybridized carbons (Fsp3) is 0.231. The highest BCUT2D eigenvalue weighted by Crippen LogP contribution is 2.33. The van der Waals surface area contributed by atoms with Crippen molar-refractivity contribution in [1.82, 2.24) is 14.2 Å². The Morgan fingerprint density at radius 1 is 1.38 bits per heavy atom. The van der Waals surface area contributed by atoms with Crippen LogP contribution >= 0.6 is 11.6 Å². The maximum Gasteiger partial charge on any atom is 0.417 e. The fourth-order valence-electron chi connectivity index (χ4n) is 1.87. The number of nitriles is 1. The average Bonchev–Trinajstić information content (AvgIpc) is 2.51. The second-order valence-corrected chi connectivity index (χ2v) is 5.10. The Bertz CT molecular complexity index is 958. The van der Waals surface area contributed by atoms with Gasteiger partial charge in [0.1, 0.15) is 11.6 Å². The van der Waals surface area contributed by atoms with Gasteiger partial charge in [0.2, 0.25) is 0 Å². The van der Waals surface area contributed by atoms with Crippen LogP contribution in [-0.4, -0.2) is 21.3 Å². The van der Waals surface area contributed by atoms with E-state index in [4.69, 9.17) is 16.9 Å². The maximum atomic E-state index is 12.6. The van der Waals surface area contributed by atoms with Crippen LogP contribution in [0.3, 0.4) is 0 Å². The largest absolute Gasteiger partial charge is 0.417 e. The maximum absolute atomic E-state index is 12.6. The SMILES string of the molecule is CN(c1ncc(C(F)(F)F)cc1Cl)n1cc(C#N)c(=O)n(C)c1=O. The summed E-state index contributed by atoms with van der Waals surface area (Å²) < 4.78 is 39.5. The van der Waals surface area contributed by atoms with Gasteiger partial charge in [-0.3, -0.25) is 14.4 Å². The van der Waals surface area contributed by atoms with Gasteiger partial charge in [-0.05, 0) is 6.07 Å². The summed E-state index contributed by atoms with van der Waals surface area (Å²) in [7, 11) is 2.46. The van der Waals surface area contributed by atoms with Gasteiger partial charge >= 0.3 is 11.9 Å². The molecule has 0 aliphatic carbocycles. The summed E-state index contributed by atoms with van der Waals surface area (Å²) >= 11 is 5.82. The minimum absolute atomic E-state index is 0.158. The normalized spacial score (nSPS) is 11.2. The second kappa shape index (κ2) is 6.01. The Hall–Kier alpha value is -2.80. The highest BCUT2D eigenvalue weighted by molar-refractivity contribution is 6.33. The molecule has 2 aromatic heterocycles. The monoisotopic (exact) mass is 359 g/mol. The van der Waals surface area contributed by atoms with Gasteiger partial charge in [-0.2, -0.15) is 18.4 Å². The summed E-state index contributed by atoms with van der Waals surface area (Å²) in [5, 5.41) is 9.60. The van der Waals surface area contributed by atoms with Crippen molar-refractivity contribution < 1.29 is 13.2 Å². The van der Waals surface area contributed by atoms with Gasteiger partial charge in [-0.1, -0.05) is 11.6 Å². The van der Waals surface area contributed by atoms with E-state index in [-0.39, 0.29) is 16.4 Å². The number of anilines is 1. The molecule has 126 valence electrons. The van der Waals surface area contributed by atoms with Crippen LogP contribution in [0.5, 0.6) is 0 Å². The molecule has 2 heterocycles. The molecule has 0 saturated heterocycles. The molecular formula is C13H9ClF3N5O2. The fourth-order valence-corrected chi connectivity index (χ4v) is 2.16. The third-order valence-electron chi connectivity index (χ3n) is 3.17. The van der Waals surface area contributed by atoms with Gasteiger partial charge < -0.3 is 0 Å². The van der Waals surface area contributed by atoms with Crippen molar-refractivity contribution >= 4 is 17.4 Å². The molecule has 0 aromatic carbocycles. The highest BCUT2D eigenvalue weighted by Gasteiger charge is 2.32. The molecule has 11 heteroatoms. The van der Waals surface area contributed by atoms with E-state index in [1.165, 1.54) is 7.05 Å². The van der Waals surface area contributed by atoms with Crippen molar-refractivity contribution in [1.29, 1.82) is 5.26 Å². The van der Waals surface area contributed by atoms with Crippen LogP contribution in [0.15, 0.2) is 28.0 Å². The average molecular weight is 360 g/mol. The van der Waals surface area contributed by atoms with Crippen LogP contribution in [-0.2, 0) is 13.2 Å². The first-order valence-electron chi connectivity index (χ1n) is 6.27. The number of hydrogen-bond acceptors (Lipinski definition) is 5. The highest BCUT2D eigenvalue weighted by atomic mass is 35.5. The topological polar surface area (TPSA) is 83.9 Å². The van der Waals surface area contributed by atoms with Crippen molar-refractivity contribution in [3.8, 4) is 6.07 Å². The minimum Gasteiger partial charge on any atom is -0.268 e. The predicted octanol–water partition coefficient (Wildman–Crippen LogP) is 1.39. The number of pyridine rings is 1. The van der Waals surface area contributed by atoms with Crippen molar-refractivity contribution in [2.75, 3.05) is 12.1 Å². The zero-order chi connectivity index (χ0) is 18.2. The molecule has 0 amide bonds. The van der Waals surface area contributed by atoms with Crippen LogP contribution in [0.4, 0.5) is 19.0 Å². The molecule has 0 fully saturated rings. The predicted molar refractivity (Wildman–Crippen MR) is 78.7 cm³/mol. The Morgan fingerprint density at radius 2 is 2.00 bits per heavy atom. The molecule has 0 aliphatic rings. The van der Waals surface area contributed by atoms with Crippen LogP contribution < -0.4 is 16.3 Å². The smallest absolute Gasteiger partial charge is 0.268 e. The number of aromatic nitrogens is 3. The molecule has 24 heavy (non-hydrogen) atoms. The first kappa shape index (κ1) is 17.6. The molecule has 0 bridgehead atoms. The van der Waals surface area contributed by atoms with Gasteiger partial charge in [0.15, 0.2) is 5.82 Å². The van der Waals surface area contributed by atoms with Gasteiger partial charge in [0.25, 0.3) is 5.56 Å². The van der Waals surface area contributed by atoms with E-state index in [0.717, 1.165) is 22.9 Å². The summed E-state index contributed by atoms with van der Waals surface area (Å²) in [5.41, 5.74) is -2.99. The summed E-state index contributed by atoms with van der Waals surface area (Å²) in [6, 6.07) is 2.30. The molecule has 7 nitrogen and oxygen atoms in total. The van der Waals surface area contributed by atoms with E-state index >= 15 is 0 Å². The van der Waals surface area contributed by atoms with Gasteiger partial charge in [-0.15, -0.1) is 0 Å². The first-order valence-corrected chi connectivity index (χ1v) is 6.65. The molecule has 0 atom stereocenters. The number of nitrogens with zero attached hydrogens (tertiary/aromatic N) is 5. The lowest BCUT2D eigenvalue weighted by Crippen LogP contribution is -2.45. The Labute approximate surface area is 137 Å². The summed E-state index contributed by atoms with van der Waals surface area (Å²) in [4.78, 5) is 27.4. The zero-order valence-corrected chi connectivity index (χ0v) is 13.1. The Morgan fingerprint density at radius 3 is 2.50 bits per heavy atom. The van der Waals surface area contributed by atoms with Crippen LogP contribution in [0.25, 0.3) is 0 Å². The standard InChI is InChI=1S/C13H9ClF3N5O2/c1-20-11(23)7(4-18)6-22(12(20)24)21(2)10-9(14)3-8(5-19-10)13(15,16)17/h3,5-6H,1-2H3. The van der Waals surface area contributed by atoms with E-state index in [1.54, 1.807) is 6.07 Å². The first-order chi connectivity index (χ1) is 11.1. The summed E-state index contributed by atoms with van der Waals surface area (Å²) in [6.07, 6.45) is -3.09. The summed E-state index contributed by atoms with van der Waals surface area (Å²) in [6.45, 7) is 0. The van der Waals surface area contributed by atoms with Crippen molar-refractivity contribution in [2.45, 2.75) is 6.18 Å². The molecule has 0 spiro atoms. The molecule has 0 aliphatic heterocycles. The number of alkyl halides is 3. The number of rotatable bonds is 2. The number of hydrogen-bond donors (Lipinski definition) is 0. The lowest BCUT2D eigenvalue weighted by atomic mass is 10.3. The molecule has 0 unspecified atom stereocenters. The molecule has 2 rings (SSSR count). The van der Waals surface area contributed by atoms with Crippen LogP contribution in [0.2, 0.25) is 5.02 Å². The van der Waals surface area contributed by atoms with Crippen molar-refractivity contribution in [2.24, 2.45) is 7.05 Å². The molecule has 0 N–H and O–H groups in total. The molecule has 2 aromatic rings. The van der Waals surface area contributed by atoms with Crippen molar-refractivity contribution in [3.05, 3.63) is 55.4 Å². The van der Waals surface area contributed by atoms with E-state index < -0.39 is 23.0 Å². The molecule has 0 radical (unpaired) electrons. The lowest BCUT2D eigenvalue weighted by molar-refractivity contribution is -0.137. The third-order valence-corrected chi connectivity index (χ3v) is 3.45. The van der Waals surface area contributed by atoms with Gasteiger partial charge in [0.05, 0.1) is 16.8 Å².